The van der Waals surface area contributed by atoms with Crippen molar-refractivity contribution in [3.8, 4) is 5.75 Å². The number of carbonyl (C=O) groups excluding carboxylic acids is 1. The van der Waals surface area contributed by atoms with Crippen LogP contribution in [0.3, 0.4) is 0 Å². The van der Waals surface area contributed by atoms with Crippen molar-refractivity contribution in [2.45, 2.75) is 20.8 Å². The van der Waals surface area contributed by atoms with Crippen molar-refractivity contribution < 1.29 is 9.53 Å². The molecular weight excluding hydrogens is 292 g/mol. The number of anilines is 2. The molecule has 0 aliphatic carbocycles. The molecule has 0 unspecified atom stereocenters. The highest BCUT2D eigenvalue weighted by Gasteiger charge is 2.11. The first kappa shape index (κ1) is 16.7. The molecule has 1 aromatic heterocycles. The minimum absolute atomic E-state index is 0.281. The van der Waals surface area contributed by atoms with Crippen molar-refractivity contribution in [3.05, 3.63) is 41.7 Å². The van der Waals surface area contributed by atoms with Crippen LogP contribution in [0.2, 0.25) is 0 Å². The Kier molecular flexibility index (Phi) is 5.51. The van der Waals surface area contributed by atoms with E-state index in [1.165, 1.54) is 0 Å². The van der Waals surface area contributed by atoms with Gasteiger partial charge in [0.1, 0.15) is 11.4 Å². The maximum atomic E-state index is 12.4. The van der Waals surface area contributed by atoms with Gasteiger partial charge in [-0.3, -0.25) is 4.79 Å². The third-order valence-electron chi connectivity index (χ3n) is 3.08. The molecule has 0 aliphatic rings. The molecule has 2 aromatic rings. The van der Waals surface area contributed by atoms with E-state index in [0.29, 0.717) is 29.0 Å². The maximum Gasteiger partial charge on any atom is 0.274 e. The second kappa shape index (κ2) is 7.58. The predicted molar refractivity (Wildman–Crippen MR) is 91.0 cm³/mol. The Morgan fingerprint density at radius 1 is 1.26 bits per heavy atom. The van der Waals surface area contributed by atoms with Gasteiger partial charge in [0, 0.05) is 24.0 Å². The second-order valence-corrected chi connectivity index (χ2v) is 5.68. The summed E-state index contributed by atoms with van der Waals surface area (Å²) in [6.07, 6.45) is 0. The number of amides is 1. The Labute approximate surface area is 136 Å². The molecular formula is C17H22N4O2. The van der Waals surface area contributed by atoms with Crippen LogP contribution < -0.4 is 15.4 Å². The fourth-order valence-corrected chi connectivity index (χ4v) is 1.96. The summed E-state index contributed by atoms with van der Waals surface area (Å²) in [5.41, 5.74) is 1.72. The lowest BCUT2D eigenvalue weighted by Crippen LogP contribution is -2.17. The van der Waals surface area contributed by atoms with Crippen molar-refractivity contribution in [1.29, 1.82) is 0 Å². The van der Waals surface area contributed by atoms with Crippen LogP contribution in [0.1, 0.15) is 30.0 Å². The van der Waals surface area contributed by atoms with Crippen LogP contribution in [0, 0.1) is 12.8 Å². The van der Waals surface area contributed by atoms with Crippen LogP contribution in [0.15, 0.2) is 30.3 Å². The minimum atomic E-state index is -0.281. The quantitative estimate of drug-likeness (QED) is 0.857. The summed E-state index contributed by atoms with van der Waals surface area (Å²) in [7, 11) is 1.58. The number of benzene rings is 1. The van der Waals surface area contributed by atoms with Gasteiger partial charge in [-0.15, -0.1) is 0 Å². The summed E-state index contributed by atoms with van der Waals surface area (Å²) >= 11 is 0. The number of nitrogens with one attached hydrogen (secondary N) is 2. The zero-order valence-electron chi connectivity index (χ0n) is 13.9. The van der Waals surface area contributed by atoms with Crippen molar-refractivity contribution in [1.82, 2.24) is 9.97 Å². The summed E-state index contributed by atoms with van der Waals surface area (Å²) < 4.78 is 5.15. The monoisotopic (exact) mass is 314 g/mol. The molecule has 0 radical (unpaired) electrons. The number of hydrogen-bond acceptors (Lipinski definition) is 5. The molecule has 2 N–H and O–H groups in total. The fourth-order valence-electron chi connectivity index (χ4n) is 1.96. The van der Waals surface area contributed by atoms with E-state index >= 15 is 0 Å². The Bertz CT molecular complexity index is 686. The Morgan fingerprint density at radius 3 is 2.74 bits per heavy atom. The van der Waals surface area contributed by atoms with Crippen LogP contribution in [0.4, 0.5) is 11.6 Å². The number of aryl methyl sites for hydroxylation is 1. The number of hydrogen-bond donors (Lipinski definition) is 2. The van der Waals surface area contributed by atoms with Gasteiger partial charge < -0.3 is 15.4 Å². The molecule has 0 bridgehead atoms. The SMILES string of the molecule is COc1cccc(NC(=O)c2cc(C)nc(NCC(C)C)n2)c1. The topological polar surface area (TPSA) is 76.1 Å². The van der Waals surface area contributed by atoms with E-state index < -0.39 is 0 Å². The van der Waals surface area contributed by atoms with E-state index in [2.05, 4.69) is 34.4 Å². The zero-order valence-corrected chi connectivity index (χ0v) is 13.9. The van der Waals surface area contributed by atoms with Gasteiger partial charge in [-0.1, -0.05) is 19.9 Å². The van der Waals surface area contributed by atoms with Crippen molar-refractivity contribution >= 4 is 17.5 Å². The number of ether oxygens (including phenoxy) is 1. The molecule has 0 saturated heterocycles. The number of aromatic nitrogens is 2. The van der Waals surface area contributed by atoms with Gasteiger partial charge in [0.05, 0.1) is 7.11 Å². The average molecular weight is 314 g/mol. The fraction of sp³-hybridized carbons (Fsp3) is 0.353. The highest BCUT2D eigenvalue weighted by molar-refractivity contribution is 6.03. The lowest BCUT2D eigenvalue weighted by Gasteiger charge is -2.10. The van der Waals surface area contributed by atoms with Gasteiger partial charge in [0.2, 0.25) is 5.95 Å². The molecule has 0 spiro atoms. The van der Waals surface area contributed by atoms with Gasteiger partial charge in [0.25, 0.3) is 5.91 Å². The van der Waals surface area contributed by atoms with Crippen LogP contribution in [0.5, 0.6) is 5.75 Å². The first-order valence-corrected chi connectivity index (χ1v) is 7.53. The molecule has 0 atom stereocenters. The van der Waals surface area contributed by atoms with Gasteiger partial charge in [-0.2, -0.15) is 0 Å². The van der Waals surface area contributed by atoms with Crippen LogP contribution in [-0.2, 0) is 0 Å². The molecule has 0 fully saturated rings. The van der Waals surface area contributed by atoms with Gasteiger partial charge in [0.15, 0.2) is 0 Å². The predicted octanol–water partition coefficient (Wildman–Crippen LogP) is 3.11. The molecule has 6 heteroatoms. The maximum absolute atomic E-state index is 12.4. The van der Waals surface area contributed by atoms with E-state index in [1.54, 1.807) is 25.3 Å². The molecule has 0 saturated carbocycles. The first-order chi connectivity index (χ1) is 11.0. The molecule has 23 heavy (non-hydrogen) atoms. The van der Waals surface area contributed by atoms with Crippen molar-refractivity contribution in [2.75, 3.05) is 24.3 Å². The third-order valence-corrected chi connectivity index (χ3v) is 3.08. The van der Waals surface area contributed by atoms with Gasteiger partial charge in [-0.05, 0) is 31.0 Å². The molecule has 6 nitrogen and oxygen atoms in total. The molecule has 1 aromatic carbocycles. The van der Waals surface area contributed by atoms with Crippen molar-refractivity contribution in [2.24, 2.45) is 5.92 Å². The van der Waals surface area contributed by atoms with E-state index in [0.717, 1.165) is 12.2 Å². The zero-order chi connectivity index (χ0) is 16.8. The minimum Gasteiger partial charge on any atom is -0.497 e. The lowest BCUT2D eigenvalue weighted by atomic mass is 10.2. The Hall–Kier alpha value is -2.63. The molecule has 1 amide bonds. The third kappa shape index (κ3) is 4.95. The molecule has 122 valence electrons. The summed E-state index contributed by atoms with van der Waals surface area (Å²) in [4.78, 5) is 21.0. The Morgan fingerprint density at radius 2 is 2.04 bits per heavy atom. The highest BCUT2D eigenvalue weighted by Crippen LogP contribution is 2.17. The van der Waals surface area contributed by atoms with Gasteiger partial charge >= 0.3 is 0 Å². The van der Waals surface area contributed by atoms with Crippen LogP contribution in [0.25, 0.3) is 0 Å². The summed E-state index contributed by atoms with van der Waals surface area (Å²) in [6, 6.07) is 8.85. The summed E-state index contributed by atoms with van der Waals surface area (Å²) in [5.74, 6) is 1.33. The molecule has 2 rings (SSSR count). The second-order valence-electron chi connectivity index (χ2n) is 5.68. The summed E-state index contributed by atoms with van der Waals surface area (Å²) in [5, 5.41) is 5.96. The smallest absolute Gasteiger partial charge is 0.274 e. The summed E-state index contributed by atoms with van der Waals surface area (Å²) in [6.45, 7) is 6.78. The van der Waals surface area contributed by atoms with E-state index in [1.807, 2.05) is 19.1 Å². The number of methoxy groups -OCH3 is 1. The normalized spacial score (nSPS) is 10.5. The number of nitrogens with zero attached hydrogens (tertiary/aromatic N) is 2. The lowest BCUT2D eigenvalue weighted by molar-refractivity contribution is 0.102. The largest absolute Gasteiger partial charge is 0.497 e. The molecule has 1 heterocycles. The Balaban J connectivity index is 2.14. The first-order valence-electron chi connectivity index (χ1n) is 7.53. The van der Waals surface area contributed by atoms with Crippen molar-refractivity contribution in [3.63, 3.8) is 0 Å². The highest BCUT2D eigenvalue weighted by atomic mass is 16.5. The van der Waals surface area contributed by atoms with Gasteiger partial charge in [-0.25, -0.2) is 9.97 Å². The van der Waals surface area contributed by atoms with Crippen LogP contribution in [-0.4, -0.2) is 29.5 Å². The average Bonchev–Trinajstić information content (AvgIpc) is 2.52. The number of carbonyl (C=O) groups is 1. The standard InChI is InChI=1S/C17H22N4O2/c1-11(2)10-18-17-19-12(3)8-15(21-17)16(22)20-13-6-5-7-14(9-13)23-4/h5-9,11H,10H2,1-4H3,(H,20,22)(H,18,19,21). The van der Waals surface area contributed by atoms with Crippen LogP contribution >= 0.6 is 0 Å². The van der Waals surface area contributed by atoms with E-state index in [-0.39, 0.29) is 5.91 Å². The van der Waals surface area contributed by atoms with E-state index in [9.17, 15) is 4.79 Å². The van der Waals surface area contributed by atoms with E-state index in [4.69, 9.17) is 4.74 Å². The number of rotatable bonds is 6. The molecule has 0 aliphatic heterocycles.